The maximum atomic E-state index is 5.73. The van der Waals surface area contributed by atoms with Gasteiger partial charge in [-0.2, -0.15) is 0 Å². The molecule has 1 fully saturated rings. The van der Waals surface area contributed by atoms with Gasteiger partial charge >= 0.3 is 0 Å². The van der Waals surface area contributed by atoms with E-state index in [1.54, 1.807) is 0 Å². The average Bonchev–Trinajstić information content (AvgIpc) is 2.46. The molecule has 0 amide bonds. The molecule has 0 aromatic heterocycles. The molecule has 0 radical (unpaired) electrons. The summed E-state index contributed by atoms with van der Waals surface area (Å²) in [4.78, 5) is 0. The normalized spacial score (nSPS) is 19.5. The summed E-state index contributed by atoms with van der Waals surface area (Å²) in [6.07, 6.45) is 4.04. The topological polar surface area (TPSA) is 21.3 Å². The molecule has 2 aromatic carbocycles. The van der Waals surface area contributed by atoms with Gasteiger partial charge in [-0.15, -0.1) is 0 Å². The van der Waals surface area contributed by atoms with Gasteiger partial charge in [0.2, 0.25) is 0 Å². The Morgan fingerprint density at radius 2 is 1.95 bits per heavy atom. The first-order chi connectivity index (χ1) is 9.31. The summed E-state index contributed by atoms with van der Waals surface area (Å²) in [6.45, 7) is 1.82. The van der Waals surface area contributed by atoms with Crippen molar-refractivity contribution in [1.82, 2.24) is 0 Å². The van der Waals surface area contributed by atoms with E-state index in [0.717, 1.165) is 17.6 Å². The van der Waals surface area contributed by atoms with Gasteiger partial charge in [-0.05, 0) is 54.3 Å². The number of fused-ring (bicyclic) bond motifs is 1. The maximum Gasteiger partial charge on any atom is 0.0747 e. The molecule has 0 aliphatic carbocycles. The fourth-order valence-electron chi connectivity index (χ4n) is 2.53. The largest absolute Gasteiger partial charge is 0.382 e. The van der Waals surface area contributed by atoms with E-state index in [4.69, 9.17) is 4.74 Å². The molecule has 0 saturated carbocycles. The summed E-state index contributed by atoms with van der Waals surface area (Å²) in [6, 6.07) is 12.9. The quantitative estimate of drug-likeness (QED) is 0.893. The van der Waals surface area contributed by atoms with Crippen molar-refractivity contribution in [3.8, 4) is 0 Å². The fourth-order valence-corrected chi connectivity index (χ4v) is 2.91. The monoisotopic (exact) mass is 319 g/mol. The fraction of sp³-hybridized carbons (Fsp3) is 0.375. The van der Waals surface area contributed by atoms with Gasteiger partial charge in [0.15, 0.2) is 0 Å². The van der Waals surface area contributed by atoms with E-state index in [0.29, 0.717) is 6.10 Å². The smallest absolute Gasteiger partial charge is 0.0747 e. The Hall–Kier alpha value is -1.06. The lowest BCUT2D eigenvalue weighted by Gasteiger charge is -2.23. The number of hydrogen-bond donors (Lipinski definition) is 1. The minimum absolute atomic E-state index is 0.370. The Morgan fingerprint density at radius 1 is 1.11 bits per heavy atom. The predicted molar refractivity (Wildman–Crippen MR) is 83.7 cm³/mol. The molecule has 0 spiro atoms. The SMILES string of the molecule is Brc1ccc2cc(NCC3CCCCO3)ccc2c1. The van der Waals surface area contributed by atoms with Crippen LogP contribution in [0, 0.1) is 0 Å². The van der Waals surface area contributed by atoms with Crippen LogP contribution in [0.15, 0.2) is 40.9 Å². The van der Waals surface area contributed by atoms with E-state index in [-0.39, 0.29) is 0 Å². The molecular formula is C16H18BrNO. The molecule has 2 aromatic rings. The van der Waals surface area contributed by atoms with Crippen molar-refractivity contribution >= 4 is 32.4 Å². The van der Waals surface area contributed by atoms with Crippen molar-refractivity contribution in [1.29, 1.82) is 0 Å². The second-order valence-corrected chi connectivity index (χ2v) is 5.99. The molecule has 1 N–H and O–H groups in total. The first-order valence-electron chi connectivity index (χ1n) is 6.86. The van der Waals surface area contributed by atoms with Crippen LogP contribution in [0.25, 0.3) is 10.8 Å². The van der Waals surface area contributed by atoms with Crippen molar-refractivity contribution in [3.63, 3.8) is 0 Å². The van der Waals surface area contributed by atoms with Gasteiger partial charge in [0.05, 0.1) is 6.10 Å². The zero-order chi connectivity index (χ0) is 13.1. The minimum Gasteiger partial charge on any atom is -0.382 e. The van der Waals surface area contributed by atoms with Crippen LogP contribution in [0.3, 0.4) is 0 Å². The van der Waals surface area contributed by atoms with Crippen LogP contribution < -0.4 is 5.32 Å². The van der Waals surface area contributed by atoms with E-state index in [2.05, 4.69) is 57.6 Å². The Morgan fingerprint density at radius 3 is 2.79 bits per heavy atom. The average molecular weight is 320 g/mol. The number of anilines is 1. The predicted octanol–water partition coefficient (Wildman–Crippen LogP) is 4.58. The van der Waals surface area contributed by atoms with Crippen LogP contribution in [0.4, 0.5) is 5.69 Å². The van der Waals surface area contributed by atoms with Crippen LogP contribution in [0.1, 0.15) is 19.3 Å². The Kier molecular flexibility index (Phi) is 4.04. The van der Waals surface area contributed by atoms with Crippen LogP contribution in [0.5, 0.6) is 0 Å². The van der Waals surface area contributed by atoms with Crippen molar-refractivity contribution in [3.05, 3.63) is 40.9 Å². The van der Waals surface area contributed by atoms with E-state index in [9.17, 15) is 0 Å². The highest BCUT2D eigenvalue weighted by molar-refractivity contribution is 9.10. The van der Waals surface area contributed by atoms with Gasteiger partial charge in [0.25, 0.3) is 0 Å². The number of nitrogens with one attached hydrogen (secondary N) is 1. The molecule has 3 heteroatoms. The zero-order valence-corrected chi connectivity index (χ0v) is 12.4. The van der Waals surface area contributed by atoms with Crippen molar-refractivity contribution in [2.75, 3.05) is 18.5 Å². The number of halogens is 1. The van der Waals surface area contributed by atoms with Gasteiger partial charge in [0.1, 0.15) is 0 Å². The van der Waals surface area contributed by atoms with E-state index >= 15 is 0 Å². The second-order valence-electron chi connectivity index (χ2n) is 5.08. The molecule has 19 heavy (non-hydrogen) atoms. The van der Waals surface area contributed by atoms with Gasteiger partial charge in [-0.25, -0.2) is 0 Å². The molecule has 1 saturated heterocycles. The van der Waals surface area contributed by atoms with E-state index in [1.165, 1.54) is 35.7 Å². The lowest BCUT2D eigenvalue weighted by Crippen LogP contribution is -2.26. The number of benzene rings is 2. The molecule has 1 heterocycles. The molecule has 1 aliphatic rings. The van der Waals surface area contributed by atoms with E-state index in [1.807, 2.05) is 0 Å². The lowest BCUT2D eigenvalue weighted by molar-refractivity contribution is 0.0247. The summed E-state index contributed by atoms with van der Waals surface area (Å²) in [5, 5.41) is 6.00. The highest BCUT2D eigenvalue weighted by Gasteiger charge is 2.13. The third kappa shape index (κ3) is 3.28. The maximum absolute atomic E-state index is 5.73. The van der Waals surface area contributed by atoms with Crippen molar-refractivity contribution < 1.29 is 4.74 Å². The third-order valence-electron chi connectivity index (χ3n) is 3.61. The van der Waals surface area contributed by atoms with Crippen molar-refractivity contribution in [2.24, 2.45) is 0 Å². The molecular weight excluding hydrogens is 302 g/mol. The summed E-state index contributed by atoms with van der Waals surface area (Å²) < 4.78 is 6.86. The van der Waals surface area contributed by atoms with Gasteiger partial charge in [-0.3, -0.25) is 0 Å². The molecule has 100 valence electrons. The van der Waals surface area contributed by atoms with Gasteiger partial charge < -0.3 is 10.1 Å². The molecule has 0 bridgehead atoms. The zero-order valence-electron chi connectivity index (χ0n) is 10.9. The molecule has 1 aliphatic heterocycles. The number of rotatable bonds is 3. The molecule has 1 unspecified atom stereocenters. The molecule has 1 atom stereocenters. The lowest BCUT2D eigenvalue weighted by atomic mass is 10.1. The van der Waals surface area contributed by atoms with Crippen molar-refractivity contribution in [2.45, 2.75) is 25.4 Å². The van der Waals surface area contributed by atoms with Gasteiger partial charge in [-0.1, -0.05) is 28.1 Å². The Balaban J connectivity index is 1.69. The summed E-state index contributed by atoms with van der Waals surface area (Å²) in [7, 11) is 0. The van der Waals surface area contributed by atoms with Crippen LogP contribution in [-0.2, 0) is 4.74 Å². The second kappa shape index (κ2) is 5.93. The van der Waals surface area contributed by atoms with Crippen LogP contribution in [-0.4, -0.2) is 19.3 Å². The summed E-state index contributed by atoms with van der Waals surface area (Å²) >= 11 is 3.50. The van der Waals surface area contributed by atoms with Crippen LogP contribution in [0.2, 0.25) is 0 Å². The first-order valence-corrected chi connectivity index (χ1v) is 7.65. The standard InChI is InChI=1S/C16H18BrNO/c17-14-6-4-13-10-15(7-5-12(13)9-14)18-11-16-3-1-2-8-19-16/h4-7,9-10,16,18H,1-3,8,11H2. The summed E-state index contributed by atoms with van der Waals surface area (Å²) in [5.41, 5.74) is 1.17. The summed E-state index contributed by atoms with van der Waals surface area (Å²) in [5.74, 6) is 0. The molecule has 2 nitrogen and oxygen atoms in total. The highest BCUT2D eigenvalue weighted by Crippen LogP contribution is 2.23. The number of hydrogen-bond acceptors (Lipinski definition) is 2. The highest BCUT2D eigenvalue weighted by atomic mass is 79.9. The van der Waals surface area contributed by atoms with Gasteiger partial charge in [0, 0.05) is 23.3 Å². The Labute approximate surface area is 122 Å². The minimum atomic E-state index is 0.370. The van der Waals surface area contributed by atoms with E-state index < -0.39 is 0 Å². The Bertz CT molecular complexity index is 564. The number of ether oxygens (including phenoxy) is 1. The third-order valence-corrected chi connectivity index (χ3v) is 4.10. The van der Waals surface area contributed by atoms with Crippen LogP contribution >= 0.6 is 15.9 Å². The molecule has 3 rings (SSSR count). The first kappa shape index (κ1) is 12.9.